The molecule has 0 amide bonds. The number of nitrogens with two attached hydrogens (primary N) is 1. The van der Waals surface area contributed by atoms with Gasteiger partial charge in [-0.15, -0.1) is 0 Å². The molecule has 0 aliphatic heterocycles. The van der Waals surface area contributed by atoms with E-state index in [1.165, 1.54) is 0 Å². The second-order valence-electron chi connectivity index (χ2n) is 1.71. The molecule has 0 fully saturated rings. The average Bonchev–Trinajstić information content (AvgIpc) is 1.84. The summed E-state index contributed by atoms with van der Waals surface area (Å²) in [7, 11) is -3.40. The van der Waals surface area contributed by atoms with Gasteiger partial charge in [0.2, 0.25) is 0 Å². The standard InChI is InChI=1S/C4H11NO3S/c1-2-3-4-9(6,7)8-5/h2-5H2,1H3. The van der Waals surface area contributed by atoms with Crippen LogP contribution in [0.5, 0.6) is 0 Å². The maximum atomic E-state index is 10.4. The first kappa shape index (κ1) is 8.87. The van der Waals surface area contributed by atoms with E-state index in [4.69, 9.17) is 0 Å². The van der Waals surface area contributed by atoms with Gasteiger partial charge in [-0.1, -0.05) is 13.3 Å². The van der Waals surface area contributed by atoms with E-state index >= 15 is 0 Å². The van der Waals surface area contributed by atoms with Gasteiger partial charge in [-0.2, -0.15) is 18.6 Å². The normalized spacial score (nSPS) is 11.8. The molecular weight excluding hydrogens is 142 g/mol. The average molecular weight is 153 g/mol. The highest BCUT2D eigenvalue weighted by Crippen LogP contribution is 1.94. The monoisotopic (exact) mass is 153 g/mol. The molecule has 0 spiro atoms. The van der Waals surface area contributed by atoms with Crippen molar-refractivity contribution in [2.75, 3.05) is 5.75 Å². The molecular formula is C4H11NO3S. The zero-order chi connectivity index (χ0) is 7.33. The predicted molar refractivity (Wildman–Crippen MR) is 34.0 cm³/mol. The van der Waals surface area contributed by atoms with E-state index in [1.807, 2.05) is 6.92 Å². The first-order chi connectivity index (χ1) is 4.12. The Bertz CT molecular complexity index is 151. The van der Waals surface area contributed by atoms with Crippen molar-refractivity contribution in [3.63, 3.8) is 0 Å². The van der Waals surface area contributed by atoms with Crippen LogP contribution in [-0.2, 0) is 14.4 Å². The number of rotatable bonds is 4. The van der Waals surface area contributed by atoms with Gasteiger partial charge in [-0.05, 0) is 6.42 Å². The van der Waals surface area contributed by atoms with Gasteiger partial charge in [-0.25, -0.2) is 0 Å². The van der Waals surface area contributed by atoms with Crippen LogP contribution in [0.15, 0.2) is 0 Å². The smallest absolute Gasteiger partial charge is 0.198 e. The molecule has 0 rings (SSSR count). The Kier molecular flexibility index (Phi) is 3.76. The minimum Gasteiger partial charge on any atom is -0.198 e. The van der Waals surface area contributed by atoms with Crippen molar-refractivity contribution < 1.29 is 12.7 Å². The number of hydrogen-bond donors (Lipinski definition) is 1. The lowest BCUT2D eigenvalue weighted by molar-refractivity contribution is 0.332. The molecule has 9 heavy (non-hydrogen) atoms. The Morgan fingerprint density at radius 3 is 2.44 bits per heavy atom. The molecule has 56 valence electrons. The fraction of sp³-hybridized carbons (Fsp3) is 1.00. The predicted octanol–water partition coefficient (Wildman–Crippen LogP) is 0.00660. The molecule has 0 aromatic carbocycles. The zero-order valence-corrected chi connectivity index (χ0v) is 6.15. The molecule has 0 aliphatic rings. The second kappa shape index (κ2) is 3.81. The quantitative estimate of drug-likeness (QED) is 0.577. The lowest BCUT2D eigenvalue weighted by atomic mass is 10.4. The van der Waals surface area contributed by atoms with Crippen molar-refractivity contribution in [2.24, 2.45) is 5.90 Å². The molecule has 0 aliphatic carbocycles. The minimum absolute atomic E-state index is 0.0139. The van der Waals surface area contributed by atoms with E-state index in [-0.39, 0.29) is 5.75 Å². The topological polar surface area (TPSA) is 69.4 Å². The summed E-state index contributed by atoms with van der Waals surface area (Å²) in [4.78, 5) is 0. The van der Waals surface area contributed by atoms with Crippen molar-refractivity contribution in [2.45, 2.75) is 19.8 Å². The van der Waals surface area contributed by atoms with Crippen LogP contribution in [0.3, 0.4) is 0 Å². The van der Waals surface area contributed by atoms with Crippen LogP contribution in [0.1, 0.15) is 19.8 Å². The van der Waals surface area contributed by atoms with Crippen molar-refractivity contribution in [1.82, 2.24) is 0 Å². The summed E-state index contributed by atoms with van der Waals surface area (Å²) in [6.45, 7) is 1.89. The van der Waals surface area contributed by atoms with Gasteiger partial charge in [0.05, 0.1) is 5.75 Å². The fourth-order valence-electron chi connectivity index (χ4n) is 0.369. The Morgan fingerprint density at radius 2 is 2.11 bits per heavy atom. The summed E-state index contributed by atoms with van der Waals surface area (Å²) in [6, 6.07) is 0. The van der Waals surface area contributed by atoms with E-state index in [0.29, 0.717) is 6.42 Å². The molecule has 2 N–H and O–H groups in total. The van der Waals surface area contributed by atoms with Crippen LogP contribution in [-0.4, -0.2) is 14.2 Å². The van der Waals surface area contributed by atoms with Gasteiger partial charge in [0, 0.05) is 0 Å². The van der Waals surface area contributed by atoms with Crippen LogP contribution in [0.2, 0.25) is 0 Å². The van der Waals surface area contributed by atoms with Gasteiger partial charge in [0.1, 0.15) is 0 Å². The molecule has 4 nitrogen and oxygen atoms in total. The number of unbranched alkanes of at least 4 members (excludes halogenated alkanes) is 1. The molecule has 0 aromatic rings. The van der Waals surface area contributed by atoms with Gasteiger partial charge >= 0.3 is 0 Å². The largest absolute Gasteiger partial charge is 0.283 e. The van der Waals surface area contributed by atoms with Crippen LogP contribution in [0.25, 0.3) is 0 Å². The molecule has 0 radical (unpaired) electrons. The first-order valence-electron chi connectivity index (χ1n) is 2.73. The van der Waals surface area contributed by atoms with Crippen molar-refractivity contribution in [3.05, 3.63) is 0 Å². The molecule has 5 heteroatoms. The minimum atomic E-state index is -3.40. The third kappa shape index (κ3) is 4.38. The van der Waals surface area contributed by atoms with E-state index < -0.39 is 10.1 Å². The third-order valence-electron chi connectivity index (χ3n) is 0.894. The van der Waals surface area contributed by atoms with Gasteiger partial charge in [0.15, 0.2) is 0 Å². The van der Waals surface area contributed by atoms with Gasteiger partial charge < -0.3 is 0 Å². The number of hydrogen-bond acceptors (Lipinski definition) is 4. The van der Waals surface area contributed by atoms with E-state index in [1.54, 1.807) is 0 Å². The lowest BCUT2D eigenvalue weighted by Gasteiger charge is -1.95. The Hall–Kier alpha value is -0.130. The Morgan fingerprint density at radius 1 is 1.56 bits per heavy atom. The lowest BCUT2D eigenvalue weighted by Crippen LogP contribution is -2.14. The van der Waals surface area contributed by atoms with Crippen LogP contribution >= 0.6 is 0 Å². The molecule has 0 heterocycles. The van der Waals surface area contributed by atoms with Crippen LogP contribution in [0.4, 0.5) is 0 Å². The Balaban J connectivity index is 3.61. The maximum Gasteiger partial charge on any atom is 0.283 e. The van der Waals surface area contributed by atoms with Crippen LogP contribution in [0, 0.1) is 0 Å². The highest BCUT2D eigenvalue weighted by Gasteiger charge is 2.06. The Labute approximate surface area is 55.1 Å². The first-order valence-corrected chi connectivity index (χ1v) is 4.31. The summed E-state index contributed by atoms with van der Waals surface area (Å²) in [5.74, 6) is 4.47. The maximum absolute atomic E-state index is 10.4. The van der Waals surface area contributed by atoms with E-state index in [0.717, 1.165) is 6.42 Å². The van der Waals surface area contributed by atoms with Gasteiger partial charge in [-0.3, -0.25) is 0 Å². The molecule has 0 bridgehead atoms. The highest BCUT2D eigenvalue weighted by atomic mass is 32.2. The molecule has 0 saturated carbocycles. The molecule has 0 aromatic heterocycles. The summed E-state index contributed by atoms with van der Waals surface area (Å²) in [6.07, 6.45) is 1.42. The van der Waals surface area contributed by atoms with Crippen molar-refractivity contribution in [3.8, 4) is 0 Å². The van der Waals surface area contributed by atoms with Crippen molar-refractivity contribution >= 4 is 10.1 Å². The molecule has 0 unspecified atom stereocenters. The van der Waals surface area contributed by atoms with E-state index in [2.05, 4.69) is 10.2 Å². The summed E-state index contributed by atoms with van der Waals surface area (Å²) >= 11 is 0. The highest BCUT2D eigenvalue weighted by molar-refractivity contribution is 7.86. The molecule has 0 saturated heterocycles. The summed E-state index contributed by atoms with van der Waals surface area (Å²) in [5, 5.41) is 0. The van der Waals surface area contributed by atoms with Crippen molar-refractivity contribution in [1.29, 1.82) is 0 Å². The zero-order valence-electron chi connectivity index (χ0n) is 5.33. The van der Waals surface area contributed by atoms with E-state index in [9.17, 15) is 8.42 Å². The van der Waals surface area contributed by atoms with Crippen LogP contribution < -0.4 is 5.90 Å². The summed E-state index contributed by atoms with van der Waals surface area (Å²) < 4.78 is 24.5. The fourth-order valence-corrected chi connectivity index (χ4v) is 1.11. The summed E-state index contributed by atoms with van der Waals surface area (Å²) in [5.41, 5.74) is 0. The second-order valence-corrected chi connectivity index (χ2v) is 3.43. The van der Waals surface area contributed by atoms with Gasteiger partial charge in [0.25, 0.3) is 10.1 Å². The third-order valence-corrected chi connectivity index (χ3v) is 1.98. The molecule has 0 atom stereocenters. The SMILES string of the molecule is CCCCS(=O)(=O)ON.